The van der Waals surface area contributed by atoms with Gasteiger partial charge in [-0.25, -0.2) is 9.18 Å². The number of ether oxygens (including phenoxy) is 1. The lowest BCUT2D eigenvalue weighted by Crippen LogP contribution is -2.46. The van der Waals surface area contributed by atoms with Crippen molar-refractivity contribution in [2.24, 2.45) is 0 Å². The van der Waals surface area contributed by atoms with E-state index >= 15 is 0 Å². The minimum Gasteiger partial charge on any atom is -0.389 e. The van der Waals surface area contributed by atoms with Gasteiger partial charge in [-0.05, 0) is 30.5 Å². The fourth-order valence-electron chi connectivity index (χ4n) is 3.20. The van der Waals surface area contributed by atoms with Crippen LogP contribution in [0.5, 0.6) is 0 Å². The number of aliphatic hydroxyl groups is 1. The van der Waals surface area contributed by atoms with Crippen LogP contribution in [0, 0.1) is 5.82 Å². The summed E-state index contributed by atoms with van der Waals surface area (Å²) in [7, 11) is 1.50. The topological polar surface area (TPSA) is 70.6 Å². The molecule has 0 radical (unpaired) electrons. The minimum absolute atomic E-state index is 0.129. The summed E-state index contributed by atoms with van der Waals surface area (Å²) in [4.78, 5) is 11.9. The van der Waals surface area contributed by atoms with Crippen molar-refractivity contribution in [1.29, 1.82) is 0 Å². The first-order chi connectivity index (χ1) is 11.1. The molecule has 3 N–H and O–H groups in total. The number of amides is 2. The van der Waals surface area contributed by atoms with Gasteiger partial charge in [-0.3, -0.25) is 0 Å². The van der Waals surface area contributed by atoms with Crippen LogP contribution < -0.4 is 10.6 Å². The van der Waals surface area contributed by atoms with Gasteiger partial charge in [0.15, 0.2) is 0 Å². The molecule has 1 saturated carbocycles. The maximum atomic E-state index is 13.1. The molecule has 2 rings (SSSR count). The van der Waals surface area contributed by atoms with Crippen LogP contribution in [0.25, 0.3) is 0 Å². The molecule has 0 aromatic heterocycles. The molecule has 0 aliphatic heterocycles. The highest BCUT2D eigenvalue weighted by Gasteiger charge is 2.35. The van der Waals surface area contributed by atoms with Crippen molar-refractivity contribution < 1.29 is 19.0 Å². The van der Waals surface area contributed by atoms with Gasteiger partial charge in [0, 0.05) is 25.6 Å². The summed E-state index contributed by atoms with van der Waals surface area (Å²) in [5, 5.41) is 15.0. The summed E-state index contributed by atoms with van der Waals surface area (Å²) in [6, 6.07) is 6.24. The average Bonchev–Trinajstić information content (AvgIpc) is 3.02. The third kappa shape index (κ3) is 4.91. The minimum atomic E-state index is -0.719. The van der Waals surface area contributed by atoms with E-state index in [9.17, 15) is 14.3 Å². The lowest BCUT2D eigenvalue weighted by Gasteiger charge is -2.30. The lowest BCUT2D eigenvalue weighted by molar-refractivity contribution is 0.0659. The molecule has 128 valence electrons. The van der Waals surface area contributed by atoms with Crippen molar-refractivity contribution in [3.05, 3.63) is 35.6 Å². The predicted octanol–water partition coefficient (Wildman–Crippen LogP) is 1.94. The van der Waals surface area contributed by atoms with Crippen LogP contribution in [-0.4, -0.2) is 44.0 Å². The van der Waals surface area contributed by atoms with Gasteiger partial charge >= 0.3 is 6.03 Å². The van der Waals surface area contributed by atoms with E-state index in [4.69, 9.17) is 4.74 Å². The molecule has 0 saturated heterocycles. The van der Waals surface area contributed by atoms with Crippen LogP contribution >= 0.6 is 0 Å². The molecule has 5 nitrogen and oxygen atoms in total. The van der Waals surface area contributed by atoms with Gasteiger partial charge in [0.2, 0.25) is 0 Å². The fourth-order valence-corrected chi connectivity index (χ4v) is 3.20. The van der Waals surface area contributed by atoms with E-state index in [1.165, 1.54) is 19.2 Å². The molecule has 1 atom stereocenters. The van der Waals surface area contributed by atoms with Gasteiger partial charge in [0.25, 0.3) is 0 Å². The van der Waals surface area contributed by atoms with E-state index in [0.29, 0.717) is 6.54 Å². The molecule has 1 aliphatic carbocycles. The second-order valence-corrected chi connectivity index (χ2v) is 6.17. The van der Waals surface area contributed by atoms with Crippen LogP contribution in [0.4, 0.5) is 9.18 Å². The lowest BCUT2D eigenvalue weighted by atomic mass is 9.79. The van der Waals surface area contributed by atoms with E-state index in [1.807, 2.05) is 12.1 Å². The Labute approximate surface area is 136 Å². The largest absolute Gasteiger partial charge is 0.389 e. The second-order valence-electron chi connectivity index (χ2n) is 6.17. The highest BCUT2D eigenvalue weighted by molar-refractivity contribution is 5.74. The Morgan fingerprint density at radius 3 is 2.57 bits per heavy atom. The molecular weight excluding hydrogens is 299 g/mol. The number of rotatable bonds is 7. The van der Waals surface area contributed by atoms with Crippen molar-refractivity contribution in [3.63, 3.8) is 0 Å². The van der Waals surface area contributed by atoms with E-state index in [2.05, 4.69) is 10.6 Å². The number of halogens is 1. The first kappa shape index (κ1) is 17.7. The zero-order valence-electron chi connectivity index (χ0n) is 13.5. The van der Waals surface area contributed by atoms with Crippen molar-refractivity contribution in [2.75, 3.05) is 26.8 Å². The van der Waals surface area contributed by atoms with Crippen LogP contribution in [0.1, 0.15) is 31.2 Å². The Hall–Kier alpha value is -1.66. The standard InChI is InChI=1S/C17H25FN2O3/c1-23-11-15(21)10-19-16(22)20-12-17(8-2-3-9-17)13-4-6-14(18)7-5-13/h4-7,15,21H,2-3,8-12H2,1H3,(H2,19,20,22). The summed E-state index contributed by atoms with van der Waals surface area (Å²) in [6.45, 7) is 0.827. The number of carbonyl (C=O) groups is 1. The highest BCUT2D eigenvalue weighted by Crippen LogP contribution is 2.40. The molecule has 1 fully saturated rings. The fraction of sp³-hybridized carbons (Fsp3) is 0.588. The number of hydrogen-bond acceptors (Lipinski definition) is 3. The first-order valence-electron chi connectivity index (χ1n) is 8.00. The molecule has 23 heavy (non-hydrogen) atoms. The zero-order chi connectivity index (χ0) is 16.7. The second kappa shape index (κ2) is 8.26. The van der Waals surface area contributed by atoms with Crippen molar-refractivity contribution in [1.82, 2.24) is 10.6 Å². The molecule has 0 bridgehead atoms. The molecule has 6 heteroatoms. The Balaban J connectivity index is 1.90. The number of benzene rings is 1. The van der Waals surface area contributed by atoms with Gasteiger partial charge in [-0.1, -0.05) is 25.0 Å². The summed E-state index contributed by atoms with van der Waals surface area (Å²) in [5.74, 6) is -0.250. The predicted molar refractivity (Wildman–Crippen MR) is 85.8 cm³/mol. The SMILES string of the molecule is COCC(O)CNC(=O)NCC1(c2ccc(F)cc2)CCCC1. The van der Waals surface area contributed by atoms with Crippen LogP contribution in [0.3, 0.4) is 0 Å². The number of urea groups is 1. The number of nitrogens with one attached hydrogen (secondary N) is 2. The van der Waals surface area contributed by atoms with E-state index in [-0.39, 0.29) is 30.4 Å². The van der Waals surface area contributed by atoms with E-state index in [1.54, 1.807) is 0 Å². The number of hydrogen-bond donors (Lipinski definition) is 3. The van der Waals surface area contributed by atoms with Gasteiger partial charge in [-0.15, -0.1) is 0 Å². The van der Waals surface area contributed by atoms with Crippen molar-refractivity contribution in [2.45, 2.75) is 37.2 Å². The summed E-state index contributed by atoms with van der Waals surface area (Å²) in [5.41, 5.74) is 0.937. The summed E-state index contributed by atoms with van der Waals surface area (Å²) >= 11 is 0. The van der Waals surface area contributed by atoms with Crippen molar-refractivity contribution in [3.8, 4) is 0 Å². The van der Waals surface area contributed by atoms with Crippen LogP contribution in [0.2, 0.25) is 0 Å². The smallest absolute Gasteiger partial charge is 0.314 e. The maximum Gasteiger partial charge on any atom is 0.314 e. The third-order valence-corrected chi connectivity index (χ3v) is 4.46. The van der Waals surface area contributed by atoms with Gasteiger partial charge in [0.1, 0.15) is 5.82 Å². The van der Waals surface area contributed by atoms with Gasteiger partial charge in [0.05, 0.1) is 12.7 Å². The highest BCUT2D eigenvalue weighted by atomic mass is 19.1. The first-order valence-corrected chi connectivity index (χ1v) is 8.00. The third-order valence-electron chi connectivity index (χ3n) is 4.46. The van der Waals surface area contributed by atoms with Crippen LogP contribution in [0.15, 0.2) is 24.3 Å². The molecule has 1 aromatic rings. The maximum absolute atomic E-state index is 13.1. The molecule has 1 unspecified atom stereocenters. The molecular formula is C17H25FN2O3. The molecule has 2 amide bonds. The van der Waals surface area contributed by atoms with E-state index < -0.39 is 6.10 Å². The zero-order valence-corrected chi connectivity index (χ0v) is 13.5. The molecule has 1 aliphatic rings. The Morgan fingerprint density at radius 2 is 1.96 bits per heavy atom. The molecule has 0 heterocycles. The Bertz CT molecular complexity index is 501. The molecule has 1 aromatic carbocycles. The Kier molecular flexibility index (Phi) is 6.36. The van der Waals surface area contributed by atoms with E-state index in [0.717, 1.165) is 31.2 Å². The summed E-state index contributed by atoms with van der Waals surface area (Å²) < 4.78 is 17.9. The van der Waals surface area contributed by atoms with Gasteiger partial charge in [-0.2, -0.15) is 0 Å². The average molecular weight is 324 g/mol. The van der Waals surface area contributed by atoms with Gasteiger partial charge < -0.3 is 20.5 Å². The number of carbonyl (C=O) groups excluding carboxylic acids is 1. The normalized spacial score (nSPS) is 17.7. The van der Waals surface area contributed by atoms with Crippen LogP contribution in [-0.2, 0) is 10.2 Å². The number of methoxy groups -OCH3 is 1. The summed E-state index contributed by atoms with van der Waals surface area (Å²) in [6.07, 6.45) is 3.44. The quantitative estimate of drug-likeness (QED) is 0.718. The molecule has 0 spiro atoms. The number of aliphatic hydroxyl groups excluding tert-OH is 1. The van der Waals surface area contributed by atoms with Crippen molar-refractivity contribution >= 4 is 6.03 Å². The Morgan fingerprint density at radius 1 is 1.30 bits per heavy atom. The monoisotopic (exact) mass is 324 g/mol.